The van der Waals surface area contributed by atoms with Crippen LogP contribution in [-0.2, 0) is 0 Å². The average Bonchev–Trinajstić information content (AvgIpc) is 2.21. The van der Waals surface area contributed by atoms with Crippen molar-refractivity contribution in [1.82, 2.24) is 9.97 Å². The fraction of sp³-hybridized carbons (Fsp3) is 0.200. The molecule has 0 unspecified atom stereocenters. The normalized spacial score (nSPS) is 9.15. The summed E-state index contributed by atoms with van der Waals surface area (Å²) in [4.78, 5) is 8.29. The van der Waals surface area contributed by atoms with Crippen LogP contribution in [0.15, 0.2) is 35.1 Å². The highest BCUT2D eigenvalue weighted by atomic mass is 79.9. The van der Waals surface area contributed by atoms with Crippen LogP contribution >= 0.6 is 15.9 Å². The van der Waals surface area contributed by atoms with Crippen LogP contribution in [0.1, 0.15) is 13.8 Å². The molecule has 2 aromatic rings. The number of halogens is 1. The van der Waals surface area contributed by atoms with Gasteiger partial charge in [-0.2, -0.15) is 0 Å². The molecule has 13 heavy (non-hydrogen) atoms. The SMILES string of the molecule is Brc1ccc2nccnc2c1.CC. The number of aromatic nitrogens is 2. The monoisotopic (exact) mass is 238 g/mol. The Morgan fingerprint density at radius 3 is 2.31 bits per heavy atom. The van der Waals surface area contributed by atoms with Gasteiger partial charge in [0.1, 0.15) is 0 Å². The van der Waals surface area contributed by atoms with Crippen molar-refractivity contribution >= 4 is 27.0 Å². The molecule has 2 rings (SSSR count). The van der Waals surface area contributed by atoms with Gasteiger partial charge in [-0.25, -0.2) is 0 Å². The number of benzene rings is 1. The summed E-state index contributed by atoms with van der Waals surface area (Å²) in [5, 5.41) is 0. The fourth-order valence-corrected chi connectivity index (χ4v) is 1.29. The van der Waals surface area contributed by atoms with Crippen molar-refractivity contribution in [2.24, 2.45) is 0 Å². The standard InChI is InChI=1S/C8H5BrN2.C2H6/c9-6-1-2-7-8(5-6)11-4-3-10-7;1-2/h1-5H;1-2H3. The summed E-state index contributed by atoms with van der Waals surface area (Å²) < 4.78 is 1.03. The summed E-state index contributed by atoms with van der Waals surface area (Å²) in [7, 11) is 0. The van der Waals surface area contributed by atoms with Crippen molar-refractivity contribution in [2.75, 3.05) is 0 Å². The first-order valence-electron chi connectivity index (χ1n) is 4.22. The van der Waals surface area contributed by atoms with E-state index in [0.717, 1.165) is 15.5 Å². The first-order chi connectivity index (χ1) is 6.36. The highest BCUT2D eigenvalue weighted by molar-refractivity contribution is 9.10. The van der Waals surface area contributed by atoms with Crippen molar-refractivity contribution in [3.8, 4) is 0 Å². The molecule has 0 atom stereocenters. The Hall–Kier alpha value is -0.960. The smallest absolute Gasteiger partial charge is 0.0898 e. The number of fused-ring (bicyclic) bond motifs is 1. The topological polar surface area (TPSA) is 25.8 Å². The van der Waals surface area contributed by atoms with E-state index in [0.29, 0.717) is 0 Å². The maximum absolute atomic E-state index is 4.15. The Kier molecular flexibility index (Phi) is 3.83. The average molecular weight is 239 g/mol. The second-order valence-electron chi connectivity index (χ2n) is 2.19. The van der Waals surface area contributed by atoms with Crippen molar-refractivity contribution in [2.45, 2.75) is 13.8 Å². The van der Waals surface area contributed by atoms with E-state index in [1.165, 1.54) is 0 Å². The molecule has 0 N–H and O–H groups in total. The van der Waals surface area contributed by atoms with Crippen molar-refractivity contribution < 1.29 is 0 Å². The van der Waals surface area contributed by atoms with E-state index in [1.54, 1.807) is 12.4 Å². The molecular weight excluding hydrogens is 228 g/mol. The summed E-state index contributed by atoms with van der Waals surface area (Å²) in [6, 6.07) is 5.84. The van der Waals surface area contributed by atoms with Gasteiger partial charge in [-0.05, 0) is 18.2 Å². The van der Waals surface area contributed by atoms with Crippen LogP contribution < -0.4 is 0 Å². The van der Waals surface area contributed by atoms with Crippen LogP contribution in [-0.4, -0.2) is 9.97 Å². The zero-order chi connectivity index (χ0) is 9.68. The zero-order valence-corrected chi connectivity index (χ0v) is 9.25. The van der Waals surface area contributed by atoms with Gasteiger partial charge in [0.25, 0.3) is 0 Å². The van der Waals surface area contributed by atoms with Gasteiger partial charge in [0, 0.05) is 16.9 Å². The minimum atomic E-state index is 0.918. The lowest BCUT2D eigenvalue weighted by Gasteiger charge is -1.94. The highest BCUT2D eigenvalue weighted by Crippen LogP contribution is 2.14. The molecule has 0 aliphatic carbocycles. The van der Waals surface area contributed by atoms with E-state index >= 15 is 0 Å². The second kappa shape index (κ2) is 4.92. The molecule has 0 amide bonds. The van der Waals surface area contributed by atoms with E-state index in [1.807, 2.05) is 32.0 Å². The third-order valence-corrected chi connectivity index (χ3v) is 1.92. The van der Waals surface area contributed by atoms with Crippen LogP contribution in [0.25, 0.3) is 11.0 Å². The maximum atomic E-state index is 4.15. The molecule has 68 valence electrons. The molecule has 0 aliphatic rings. The van der Waals surface area contributed by atoms with Crippen molar-refractivity contribution in [1.29, 1.82) is 0 Å². The number of hydrogen-bond donors (Lipinski definition) is 0. The highest BCUT2D eigenvalue weighted by Gasteiger charge is 1.93. The van der Waals surface area contributed by atoms with Gasteiger partial charge >= 0.3 is 0 Å². The summed E-state index contributed by atoms with van der Waals surface area (Å²) in [5.41, 5.74) is 1.84. The van der Waals surface area contributed by atoms with Crippen LogP contribution in [0.5, 0.6) is 0 Å². The Balaban J connectivity index is 0.000000396. The maximum Gasteiger partial charge on any atom is 0.0898 e. The first-order valence-corrected chi connectivity index (χ1v) is 5.02. The lowest BCUT2D eigenvalue weighted by Crippen LogP contribution is -1.80. The molecule has 1 aromatic heterocycles. The molecule has 0 saturated heterocycles. The van der Waals surface area contributed by atoms with E-state index in [9.17, 15) is 0 Å². The van der Waals surface area contributed by atoms with Crippen molar-refractivity contribution in [3.05, 3.63) is 35.1 Å². The number of rotatable bonds is 0. The molecular formula is C10H11BrN2. The van der Waals surface area contributed by atoms with Gasteiger partial charge in [-0.15, -0.1) is 0 Å². The van der Waals surface area contributed by atoms with E-state index < -0.39 is 0 Å². The van der Waals surface area contributed by atoms with Gasteiger partial charge in [-0.3, -0.25) is 9.97 Å². The van der Waals surface area contributed by atoms with Crippen molar-refractivity contribution in [3.63, 3.8) is 0 Å². The Morgan fingerprint density at radius 2 is 1.62 bits per heavy atom. The zero-order valence-electron chi connectivity index (χ0n) is 7.66. The minimum absolute atomic E-state index is 0.918. The molecule has 1 heterocycles. The molecule has 0 spiro atoms. The summed E-state index contributed by atoms with van der Waals surface area (Å²) >= 11 is 3.36. The van der Waals surface area contributed by atoms with Gasteiger partial charge in [0.2, 0.25) is 0 Å². The molecule has 0 aliphatic heterocycles. The van der Waals surface area contributed by atoms with Crippen LogP contribution in [0.3, 0.4) is 0 Å². The number of nitrogens with zero attached hydrogens (tertiary/aromatic N) is 2. The Labute approximate surface area is 86.2 Å². The molecule has 1 aromatic carbocycles. The van der Waals surface area contributed by atoms with Gasteiger partial charge in [0.15, 0.2) is 0 Å². The molecule has 2 nitrogen and oxygen atoms in total. The van der Waals surface area contributed by atoms with Crippen LogP contribution in [0.2, 0.25) is 0 Å². The molecule has 0 bridgehead atoms. The molecule has 0 fully saturated rings. The third kappa shape index (κ3) is 2.49. The summed E-state index contributed by atoms with van der Waals surface area (Å²) in [6.45, 7) is 4.00. The third-order valence-electron chi connectivity index (χ3n) is 1.43. The Morgan fingerprint density at radius 1 is 1.00 bits per heavy atom. The van der Waals surface area contributed by atoms with Gasteiger partial charge in [0.05, 0.1) is 11.0 Å². The van der Waals surface area contributed by atoms with Gasteiger partial charge < -0.3 is 0 Å². The molecule has 0 saturated carbocycles. The largest absolute Gasteiger partial charge is 0.253 e. The molecule has 0 radical (unpaired) electrons. The quantitative estimate of drug-likeness (QED) is 0.703. The van der Waals surface area contributed by atoms with Gasteiger partial charge in [-0.1, -0.05) is 29.8 Å². The van der Waals surface area contributed by atoms with E-state index in [2.05, 4.69) is 25.9 Å². The predicted molar refractivity (Wildman–Crippen MR) is 58.6 cm³/mol. The lowest BCUT2D eigenvalue weighted by atomic mass is 10.3. The van der Waals surface area contributed by atoms with E-state index in [4.69, 9.17) is 0 Å². The summed E-state index contributed by atoms with van der Waals surface area (Å²) in [6.07, 6.45) is 3.38. The van der Waals surface area contributed by atoms with Crippen LogP contribution in [0, 0.1) is 0 Å². The van der Waals surface area contributed by atoms with E-state index in [-0.39, 0.29) is 0 Å². The first kappa shape index (κ1) is 10.1. The predicted octanol–water partition coefficient (Wildman–Crippen LogP) is 3.42. The number of hydrogen-bond acceptors (Lipinski definition) is 2. The minimum Gasteiger partial charge on any atom is -0.253 e. The second-order valence-corrected chi connectivity index (χ2v) is 3.11. The van der Waals surface area contributed by atoms with Crippen LogP contribution in [0.4, 0.5) is 0 Å². The Bertz CT molecular complexity index is 387. The molecule has 3 heteroatoms. The fourth-order valence-electron chi connectivity index (χ4n) is 0.936. The lowest BCUT2D eigenvalue weighted by molar-refractivity contribution is 1.29. The summed E-state index contributed by atoms with van der Waals surface area (Å²) in [5.74, 6) is 0.